The van der Waals surface area contributed by atoms with Gasteiger partial charge in [-0.05, 0) is 49.5 Å². The maximum atomic E-state index is 12.7. The summed E-state index contributed by atoms with van der Waals surface area (Å²) in [4.78, 5) is 26.0. The fourth-order valence-electron chi connectivity index (χ4n) is 2.18. The highest BCUT2D eigenvalue weighted by molar-refractivity contribution is 7.80. The van der Waals surface area contributed by atoms with Gasteiger partial charge in [0.25, 0.3) is 11.8 Å². The van der Waals surface area contributed by atoms with Crippen LogP contribution in [0, 0.1) is 6.92 Å². The molecule has 5 nitrogen and oxygen atoms in total. The van der Waals surface area contributed by atoms with E-state index in [0.717, 1.165) is 0 Å². The number of rotatable bonds is 2. The van der Waals surface area contributed by atoms with Crippen molar-refractivity contribution in [3.63, 3.8) is 0 Å². The first-order chi connectivity index (χ1) is 11.0. The molecule has 1 N–H and O–H groups in total. The smallest absolute Gasteiger partial charge is 0.270 e. The number of carbonyl (C=O) groups excluding carboxylic acids is 2. The van der Waals surface area contributed by atoms with Gasteiger partial charge in [-0.3, -0.25) is 19.8 Å². The Labute approximate surface area is 142 Å². The molecule has 7 heteroatoms. The number of anilines is 1. The molecule has 1 aliphatic rings. The minimum atomic E-state index is -0.572. The average molecular weight is 347 g/mol. The summed E-state index contributed by atoms with van der Waals surface area (Å²) in [6.45, 7) is 1.77. The molecule has 3 rings (SSSR count). The Morgan fingerprint density at radius 3 is 2.61 bits per heavy atom. The molecule has 1 aromatic carbocycles. The van der Waals surface area contributed by atoms with Gasteiger partial charge in [0.1, 0.15) is 17.1 Å². The Morgan fingerprint density at radius 2 is 1.96 bits per heavy atom. The second-order valence-electron chi connectivity index (χ2n) is 4.86. The van der Waals surface area contributed by atoms with Gasteiger partial charge in [0, 0.05) is 0 Å². The van der Waals surface area contributed by atoms with Crippen LogP contribution in [0.2, 0.25) is 5.02 Å². The van der Waals surface area contributed by atoms with Gasteiger partial charge in [-0.15, -0.1) is 0 Å². The summed E-state index contributed by atoms with van der Waals surface area (Å²) in [5, 5.41) is 2.83. The number of hydrogen-bond acceptors (Lipinski definition) is 4. The summed E-state index contributed by atoms with van der Waals surface area (Å²) in [6, 6.07) is 10.2. The predicted octanol–water partition coefficient (Wildman–Crippen LogP) is 3.07. The van der Waals surface area contributed by atoms with Crippen LogP contribution in [0.1, 0.15) is 11.5 Å². The van der Waals surface area contributed by atoms with E-state index in [0.29, 0.717) is 22.2 Å². The minimum Gasteiger partial charge on any atom is -0.462 e. The van der Waals surface area contributed by atoms with Crippen LogP contribution < -0.4 is 10.2 Å². The molecule has 0 saturated carbocycles. The fraction of sp³-hybridized carbons (Fsp3) is 0.0625. The summed E-state index contributed by atoms with van der Waals surface area (Å²) in [5.74, 6) is -0.0369. The first-order valence-electron chi connectivity index (χ1n) is 6.70. The molecule has 2 aromatic rings. The number of benzene rings is 1. The zero-order chi connectivity index (χ0) is 16.6. The molecule has 23 heavy (non-hydrogen) atoms. The lowest BCUT2D eigenvalue weighted by atomic mass is 10.1. The van der Waals surface area contributed by atoms with Crippen molar-refractivity contribution in [2.45, 2.75) is 6.92 Å². The molecule has 1 saturated heterocycles. The number of nitrogens with zero attached hydrogens (tertiary/aromatic N) is 1. The van der Waals surface area contributed by atoms with Gasteiger partial charge >= 0.3 is 0 Å². The molecule has 0 bridgehead atoms. The summed E-state index contributed by atoms with van der Waals surface area (Å²) in [6.07, 6.45) is 1.39. The van der Waals surface area contributed by atoms with Crippen molar-refractivity contribution >= 4 is 52.5 Å². The molecule has 0 atom stereocenters. The first kappa shape index (κ1) is 15.5. The second kappa shape index (κ2) is 5.98. The van der Waals surface area contributed by atoms with Crippen LogP contribution in [0.5, 0.6) is 0 Å². The van der Waals surface area contributed by atoms with Crippen LogP contribution in [0.4, 0.5) is 5.69 Å². The molecule has 0 aliphatic carbocycles. The van der Waals surface area contributed by atoms with E-state index >= 15 is 0 Å². The summed E-state index contributed by atoms with van der Waals surface area (Å²) >= 11 is 11.2. The van der Waals surface area contributed by atoms with Crippen LogP contribution in [0.3, 0.4) is 0 Å². The molecule has 116 valence electrons. The first-order valence-corrected chi connectivity index (χ1v) is 7.48. The lowest BCUT2D eigenvalue weighted by Gasteiger charge is -2.29. The van der Waals surface area contributed by atoms with Gasteiger partial charge in [0.15, 0.2) is 5.11 Å². The Morgan fingerprint density at radius 1 is 1.22 bits per heavy atom. The van der Waals surface area contributed by atoms with Gasteiger partial charge in [-0.2, -0.15) is 0 Å². The average Bonchev–Trinajstić information content (AvgIpc) is 2.91. The van der Waals surface area contributed by atoms with Gasteiger partial charge in [-0.1, -0.05) is 23.7 Å². The third kappa shape index (κ3) is 2.91. The molecule has 1 aliphatic heterocycles. The third-order valence-corrected chi connectivity index (χ3v) is 3.85. The number of thiocarbonyl (C=S) groups is 1. The zero-order valence-electron chi connectivity index (χ0n) is 12.0. The van der Waals surface area contributed by atoms with E-state index in [4.69, 9.17) is 28.2 Å². The van der Waals surface area contributed by atoms with E-state index in [9.17, 15) is 9.59 Å². The summed E-state index contributed by atoms with van der Waals surface area (Å²) in [7, 11) is 0. The Kier molecular flexibility index (Phi) is 4.02. The van der Waals surface area contributed by atoms with E-state index in [1.165, 1.54) is 11.0 Å². The number of aryl methyl sites for hydroxylation is 1. The number of nitrogens with one attached hydrogen (secondary N) is 1. The molecule has 1 aromatic heterocycles. The van der Waals surface area contributed by atoms with Gasteiger partial charge in [0.2, 0.25) is 0 Å². The number of para-hydroxylation sites is 1. The topological polar surface area (TPSA) is 62.6 Å². The molecule has 1 fully saturated rings. The highest BCUT2D eigenvalue weighted by atomic mass is 35.5. The van der Waals surface area contributed by atoms with Crippen molar-refractivity contribution in [3.05, 3.63) is 58.5 Å². The Hall–Kier alpha value is -2.44. The lowest BCUT2D eigenvalue weighted by molar-refractivity contribution is -0.122. The number of halogens is 1. The van der Waals surface area contributed by atoms with E-state index in [1.807, 2.05) is 0 Å². The molecule has 0 radical (unpaired) electrons. The van der Waals surface area contributed by atoms with Crippen LogP contribution in [0.15, 0.2) is 46.4 Å². The quantitative estimate of drug-likeness (QED) is 0.515. The van der Waals surface area contributed by atoms with Crippen LogP contribution in [-0.2, 0) is 9.59 Å². The van der Waals surface area contributed by atoms with Crippen molar-refractivity contribution in [2.24, 2.45) is 0 Å². The highest BCUT2D eigenvalue weighted by Crippen LogP contribution is 2.28. The van der Waals surface area contributed by atoms with Crippen molar-refractivity contribution in [2.75, 3.05) is 4.90 Å². The van der Waals surface area contributed by atoms with Crippen LogP contribution in [-0.4, -0.2) is 16.9 Å². The summed E-state index contributed by atoms with van der Waals surface area (Å²) in [5.41, 5.74) is 0.332. The molecule has 2 amide bonds. The zero-order valence-corrected chi connectivity index (χ0v) is 13.6. The standard InChI is InChI=1S/C16H11ClN2O3S/c1-9-6-7-10(22-9)8-11-14(20)18-16(23)19(15(11)21)13-5-3-2-4-12(13)17/h2-8H,1H3,(H,18,20,23)/b11-8+. The molecular formula is C16H11ClN2O3S. The van der Waals surface area contributed by atoms with Crippen LogP contribution >= 0.6 is 23.8 Å². The monoisotopic (exact) mass is 346 g/mol. The maximum Gasteiger partial charge on any atom is 0.270 e. The maximum absolute atomic E-state index is 12.7. The number of amides is 2. The Balaban J connectivity index is 2.04. The second-order valence-corrected chi connectivity index (χ2v) is 5.65. The predicted molar refractivity (Wildman–Crippen MR) is 91.1 cm³/mol. The normalized spacial score (nSPS) is 16.9. The number of hydrogen-bond donors (Lipinski definition) is 1. The SMILES string of the molecule is Cc1ccc(/C=C2\C(=O)NC(=S)N(c3ccccc3Cl)C2=O)o1. The van der Waals surface area contributed by atoms with Gasteiger partial charge < -0.3 is 4.42 Å². The molecule has 0 unspecified atom stereocenters. The van der Waals surface area contributed by atoms with Crippen molar-refractivity contribution in [1.29, 1.82) is 0 Å². The molecule has 2 heterocycles. The van der Waals surface area contributed by atoms with Crippen molar-refractivity contribution < 1.29 is 14.0 Å². The minimum absolute atomic E-state index is 0.0131. The fourth-order valence-corrected chi connectivity index (χ4v) is 2.68. The number of furan rings is 1. The van der Waals surface area contributed by atoms with E-state index in [1.54, 1.807) is 43.3 Å². The van der Waals surface area contributed by atoms with E-state index in [2.05, 4.69) is 5.32 Å². The van der Waals surface area contributed by atoms with Gasteiger partial charge in [0.05, 0.1) is 10.7 Å². The van der Waals surface area contributed by atoms with Crippen molar-refractivity contribution in [1.82, 2.24) is 5.32 Å². The van der Waals surface area contributed by atoms with Gasteiger partial charge in [-0.25, -0.2) is 0 Å². The molecule has 0 spiro atoms. The lowest BCUT2D eigenvalue weighted by Crippen LogP contribution is -2.54. The largest absolute Gasteiger partial charge is 0.462 e. The number of carbonyl (C=O) groups is 2. The van der Waals surface area contributed by atoms with E-state index < -0.39 is 11.8 Å². The van der Waals surface area contributed by atoms with E-state index in [-0.39, 0.29) is 10.7 Å². The van der Waals surface area contributed by atoms with Crippen LogP contribution in [0.25, 0.3) is 6.08 Å². The summed E-state index contributed by atoms with van der Waals surface area (Å²) < 4.78 is 5.39. The van der Waals surface area contributed by atoms with Crippen molar-refractivity contribution in [3.8, 4) is 0 Å². The Bertz CT molecular complexity index is 857. The highest BCUT2D eigenvalue weighted by Gasteiger charge is 2.35. The third-order valence-electron chi connectivity index (χ3n) is 3.24. The molecular weight excluding hydrogens is 336 g/mol.